The summed E-state index contributed by atoms with van der Waals surface area (Å²) in [6.07, 6.45) is 1.60. The van der Waals surface area contributed by atoms with E-state index in [1.807, 2.05) is 0 Å². The van der Waals surface area contributed by atoms with Crippen LogP contribution in [0.5, 0.6) is 0 Å². The average Bonchev–Trinajstić information content (AvgIpc) is 3.30. The number of esters is 1. The van der Waals surface area contributed by atoms with Gasteiger partial charge >= 0.3 is 5.97 Å². The highest BCUT2D eigenvalue weighted by Gasteiger charge is 2.71. The van der Waals surface area contributed by atoms with Gasteiger partial charge in [-0.25, -0.2) is 4.79 Å². The number of amides is 4. The van der Waals surface area contributed by atoms with Gasteiger partial charge in [0, 0.05) is 17.4 Å². The van der Waals surface area contributed by atoms with E-state index in [4.69, 9.17) is 4.74 Å². The van der Waals surface area contributed by atoms with Crippen LogP contribution in [0.2, 0.25) is 0 Å². The molecule has 2 aliphatic heterocycles. The van der Waals surface area contributed by atoms with Crippen LogP contribution in [-0.4, -0.2) is 36.7 Å². The van der Waals surface area contributed by atoms with Gasteiger partial charge in [-0.3, -0.25) is 29.0 Å². The highest BCUT2D eigenvalue weighted by Crippen LogP contribution is 2.60. The first-order valence-corrected chi connectivity index (χ1v) is 11.1. The van der Waals surface area contributed by atoms with E-state index in [-0.39, 0.29) is 5.57 Å². The van der Waals surface area contributed by atoms with Crippen molar-refractivity contribution in [3.8, 4) is 0 Å². The summed E-state index contributed by atoms with van der Waals surface area (Å²) in [6.45, 7) is 0. The Morgan fingerprint density at radius 1 is 0.647 bits per heavy atom. The van der Waals surface area contributed by atoms with Crippen molar-refractivity contribution in [2.45, 2.75) is 0 Å². The fourth-order valence-electron chi connectivity index (χ4n) is 6.33. The molecule has 2 heterocycles. The van der Waals surface area contributed by atoms with Crippen molar-refractivity contribution in [2.24, 2.45) is 35.5 Å². The highest BCUT2D eigenvalue weighted by molar-refractivity contribution is 6.27. The molecule has 8 nitrogen and oxygen atoms in total. The quantitative estimate of drug-likeness (QED) is 0.517. The molecule has 8 heteroatoms. The van der Waals surface area contributed by atoms with Gasteiger partial charge in [0.05, 0.1) is 42.2 Å². The van der Waals surface area contributed by atoms with Crippen molar-refractivity contribution in [3.05, 3.63) is 72.3 Å². The third kappa shape index (κ3) is 2.50. The SMILES string of the molecule is COC(=O)C1=CC2[C@H]3C(=O)N(c4ccccc4)C(=O)[C@@H]3C1[C@@H]1C(=O)N(c3ccccc3)C(=O)[C@H]21. The monoisotopic (exact) mass is 456 g/mol. The fourth-order valence-corrected chi connectivity index (χ4v) is 6.33. The molecule has 3 aliphatic carbocycles. The molecule has 6 atom stereocenters. The minimum atomic E-state index is -0.914. The minimum absolute atomic E-state index is 0.196. The van der Waals surface area contributed by atoms with Crippen LogP contribution in [0.3, 0.4) is 0 Å². The molecular weight excluding hydrogens is 436 g/mol. The molecular formula is C26H20N2O6. The lowest BCUT2D eigenvalue weighted by Crippen LogP contribution is -2.53. The van der Waals surface area contributed by atoms with E-state index >= 15 is 0 Å². The van der Waals surface area contributed by atoms with E-state index in [1.54, 1.807) is 66.7 Å². The van der Waals surface area contributed by atoms with Crippen molar-refractivity contribution in [3.63, 3.8) is 0 Å². The molecule has 3 fully saturated rings. The van der Waals surface area contributed by atoms with E-state index < -0.39 is 65.1 Å². The van der Waals surface area contributed by atoms with Crippen LogP contribution in [-0.2, 0) is 28.7 Å². The molecule has 2 aromatic rings. The summed E-state index contributed by atoms with van der Waals surface area (Å²) < 4.78 is 4.96. The number of carbonyl (C=O) groups excluding carboxylic acids is 5. The number of nitrogens with zero attached hydrogens (tertiary/aromatic N) is 2. The van der Waals surface area contributed by atoms with Crippen molar-refractivity contribution >= 4 is 41.0 Å². The topological polar surface area (TPSA) is 101 Å². The standard InChI is InChI=1S/C26H20N2O6/c1-34-26(33)16-12-15-18-20(24(31)27(22(18)29)13-8-4-2-5-9-13)17(16)21-19(15)23(30)28(25(21)32)14-10-6-3-7-11-14/h2-12,15,17-21H,1H3/t15?,17?,18-,19-,20-,21+/m1/s1. The molecule has 0 aromatic heterocycles. The molecule has 2 saturated heterocycles. The third-order valence-electron chi connectivity index (χ3n) is 7.58. The second-order valence-electron chi connectivity index (χ2n) is 9.01. The summed E-state index contributed by atoms with van der Waals surface area (Å²) in [7, 11) is 1.23. The number of hydrogen-bond acceptors (Lipinski definition) is 6. The van der Waals surface area contributed by atoms with Gasteiger partial charge in [0.1, 0.15) is 0 Å². The Labute approximate surface area is 194 Å². The van der Waals surface area contributed by atoms with Crippen LogP contribution in [0.25, 0.3) is 0 Å². The summed E-state index contributed by atoms with van der Waals surface area (Å²) in [6, 6.07) is 17.1. The molecule has 5 aliphatic rings. The number of hydrogen-bond donors (Lipinski definition) is 0. The Morgan fingerprint density at radius 2 is 1.06 bits per heavy atom. The second kappa shape index (κ2) is 7.21. The van der Waals surface area contributed by atoms with Gasteiger partial charge in [-0.1, -0.05) is 42.5 Å². The van der Waals surface area contributed by atoms with Crippen LogP contribution in [0.4, 0.5) is 11.4 Å². The van der Waals surface area contributed by atoms with E-state index in [1.165, 1.54) is 7.11 Å². The van der Waals surface area contributed by atoms with E-state index in [2.05, 4.69) is 0 Å². The lowest BCUT2D eigenvalue weighted by Gasteiger charge is -2.46. The number of benzene rings is 2. The van der Waals surface area contributed by atoms with Crippen LogP contribution in [0.1, 0.15) is 0 Å². The zero-order chi connectivity index (χ0) is 23.7. The summed E-state index contributed by atoms with van der Waals surface area (Å²) in [4.78, 5) is 69.4. The van der Waals surface area contributed by atoms with Crippen molar-refractivity contribution < 1.29 is 28.7 Å². The van der Waals surface area contributed by atoms with E-state index in [0.29, 0.717) is 11.4 Å². The molecule has 170 valence electrons. The first-order chi connectivity index (χ1) is 16.5. The molecule has 2 unspecified atom stereocenters. The maximum Gasteiger partial charge on any atom is 0.333 e. The first kappa shape index (κ1) is 20.5. The molecule has 7 rings (SSSR count). The zero-order valence-corrected chi connectivity index (χ0v) is 18.2. The normalized spacial score (nSPS) is 31.5. The van der Waals surface area contributed by atoms with Crippen LogP contribution in [0, 0.1) is 35.5 Å². The van der Waals surface area contributed by atoms with Gasteiger partial charge in [-0.2, -0.15) is 0 Å². The summed E-state index contributed by atoms with van der Waals surface area (Å²) in [5, 5.41) is 0. The number of rotatable bonds is 3. The fraction of sp³-hybridized carbons (Fsp3) is 0.269. The van der Waals surface area contributed by atoms with E-state index in [0.717, 1.165) is 9.80 Å². The molecule has 2 bridgehead atoms. The number of methoxy groups -OCH3 is 1. The molecule has 34 heavy (non-hydrogen) atoms. The number of carbonyl (C=O) groups is 5. The van der Waals surface area contributed by atoms with Crippen LogP contribution >= 0.6 is 0 Å². The first-order valence-electron chi connectivity index (χ1n) is 11.1. The molecule has 4 amide bonds. The smallest absolute Gasteiger partial charge is 0.333 e. The van der Waals surface area contributed by atoms with Gasteiger partial charge in [0.25, 0.3) is 0 Å². The molecule has 1 saturated carbocycles. The number of imide groups is 2. The summed E-state index contributed by atoms with van der Waals surface area (Å²) in [5.41, 5.74) is 1.06. The van der Waals surface area contributed by atoms with Gasteiger partial charge in [0.2, 0.25) is 23.6 Å². The van der Waals surface area contributed by atoms with Crippen molar-refractivity contribution in [1.82, 2.24) is 0 Å². The predicted molar refractivity (Wildman–Crippen MR) is 119 cm³/mol. The summed E-state index contributed by atoms with van der Waals surface area (Å²) in [5.74, 6) is -7.52. The van der Waals surface area contributed by atoms with Crippen LogP contribution < -0.4 is 9.80 Å². The van der Waals surface area contributed by atoms with Crippen LogP contribution in [0.15, 0.2) is 72.3 Å². The number of para-hydroxylation sites is 2. The van der Waals surface area contributed by atoms with Crippen molar-refractivity contribution in [2.75, 3.05) is 16.9 Å². The Balaban J connectivity index is 1.49. The predicted octanol–water partition coefficient (Wildman–Crippen LogP) is 1.96. The molecule has 0 N–H and O–H groups in total. The third-order valence-corrected chi connectivity index (χ3v) is 7.58. The Morgan fingerprint density at radius 3 is 1.47 bits per heavy atom. The van der Waals surface area contributed by atoms with Gasteiger partial charge in [-0.05, 0) is 24.3 Å². The average molecular weight is 456 g/mol. The lowest BCUT2D eigenvalue weighted by molar-refractivity contribution is -0.145. The van der Waals surface area contributed by atoms with Gasteiger partial charge in [0.15, 0.2) is 0 Å². The van der Waals surface area contributed by atoms with Gasteiger partial charge in [-0.15, -0.1) is 0 Å². The van der Waals surface area contributed by atoms with Crippen molar-refractivity contribution in [1.29, 1.82) is 0 Å². The number of ether oxygens (including phenoxy) is 1. The number of anilines is 2. The summed E-state index contributed by atoms with van der Waals surface area (Å²) >= 11 is 0. The maximum atomic E-state index is 13.6. The Kier molecular flexibility index (Phi) is 4.36. The largest absolute Gasteiger partial charge is 0.466 e. The van der Waals surface area contributed by atoms with E-state index in [9.17, 15) is 24.0 Å². The maximum absolute atomic E-state index is 13.6. The molecule has 0 radical (unpaired) electrons. The van der Waals surface area contributed by atoms with Gasteiger partial charge < -0.3 is 4.74 Å². The Hall–Kier alpha value is -4.07. The second-order valence-corrected chi connectivity index (χ2v) is 9.01. The lowest BCUT2D eigenvalue weighted by atomic mass is 9.52. The zero-order valence-electron chi connectivity index (χ0n) is 18.2. The minimum Gasteiger partial charge on any atom is -0.466 e. The Bertz CT molecular complexity index is 1200. The number of allylic oxidation sites excluding steroid dienone is 1. The highest BCUT2D eigenvalue weighted by atomic mass is 16.5. The molecule has 2 aromatic carbocycles. The molecule has 0 spiro atoms.